The second-order valence-electron chi connectivity index (χ2n) is 2.80. The van der Waals surface area contributed by atoms with Gasteiger partial charge in [-0.05, 0) is 6.07 Å². The lowest BCUT2D eigenvalue weighted by Gasteiger charge is -2.05. The number of phenolic OH excluding ortho intramolecular Hbond substituents is 1. The molecular weight excluding hydrogens is 166 g/mol. The molecule has 0 saturated heterocycles. The fourth-order valence-electron chi connectivity index (χ4n) is 1.06. The van der Waals surface area contributed by atoms with Gasteiger partial charge in [0.25, 0.3) is 0 Å². The Morgan fingerprint density at radius 3 is 2.85 bits per heavy atom. The van der Waals surface area contributed by atoms with Crippen LogP contribution in [0, 0.1) is 0 Å². The third kappa shape index (κ3) is 3.44. The van der Waals surface area contributed by atoms with E-state index in [1.54, 1.807) is 13.2 Å². The van der Waals surface area contributed by atoms with Gasteiger partial charge in [0.2, 0.25) is 0 Å². The summed E-state index contributed by atoms with van der Waals surface area (Å²) in [7, 11) is 1.67. The van der Waals surface area contributed by atoms with Gasteiger partial charge < -0.3 is 15.2 Å². The van der Waals surface area contributed by atoms with Crippen LogP contribution < -0.4 is 5.32 Å². The summed E-state index contributed by atoms with van der Waals surface area (Å²) in [4.78, 5) is 0. The molecule has 0 atom stereocenters. The Hall–Kier alpha value is -1.06. The van der Waals surface area contributed by atoms with Gasteiger partial charge in [0.15, 0.2) is 0 Å². The van der Waals surface area contributed by atoms with Crippen molar-refractivity contribution in [1.29, 1.82) is 0 Å². The molecule has 0 fully saturated rings. The van der Waals surface area contributed by atoms with Gasteiger partial charge >= 0.3 is 0 Å². The number of phenols is 1. The molecule has 72 valence electrons. The zero-order chi connectivity index (χ0) is 9.52. The maximum Gasteiger partial charge on any atom is 0.120 e. The summed E-state index contributed by atoms with van der Waals surface area (Å²) in [5.74, 6) is 0.340. The first-order valence-corrected chi connectivity index (χ1v) is 4.31. The highest BCUT2D eigenvalue weighted by Crippen LogP contribution is 2.14. The highest BCUT2D eigenvalue weighted by molar-refractivity contribution is 5.31. The number of nitrogens with one attached hydrogen (secondary N) is 1. The van der Waals surface area contributed by atoms with Crippen LogP contribution in [0.2, 0.25) is 0 Å². The van der Waals surface area contributed by atoms with Crippen molar-refractivity contribution in [2.45, 2.75) is 6.54 Å². The van der Waals surface area contributed by atoms with Crippen molar-refractivity contribution in [3.8, 4) is 5.75 Å². The van der Waals surface area contributed by atoms with Crippen molar-refractivity contribution in [3.63, 3.8) is 0 Å². The summed E-state index contributed by atoms with van der Waals surface area (Å²) >= 11 is 0. The molecule has 0 aromatic heterocycles. The molecule has 0 bridgehead atoms. The van der Waals surface area contributed by atoms with E-state index in [2.05, 4.69) is 5.32 Å². The van der Waals surface area contributed by atoms with Crippen LogP contribution in [0.3, 0.4) is 0 Å². The van der Waals surface area contributed by atoms with Gasteiger partial charge in [-0.3, -0.25) is 0 Å². The van der Waals surface area contributed by atoms with E-state index in [0.717, 1.165) is 12.1 Å². The highest BCUT2D eigenvalue weighted by Gasteiger charge is 1.97. The first-order chi connectivity index (χ1) is 6.34. The van der Waals surface area contributed by atoms with Crippen molar-refractivity contribution in [3.05, 3.63) is 29.8 Å². The van der Waals surface area contributed by atoms with E-state index in [1.165, 1.54) is 0 Å². The van der Waals surface area contributed by atoms with E-state index >= 15 is 0 Å². The molecule has 2 N–H and O–H groups in total. The lowest BCUT2D eigenvalue weighted by atomic mass is 10.2. The lowest BCUT2D eigenvalue weighted by Crippen LogP contribution is -2.18. The Bertz CT molecular complexity index is 250. The van der Waals surface area contributed by atoms with E-state index in [0.29, 0.717) is 18.9 Å². The molecule has 3 heteroatoms. The smallest absolute Gasteiger partial charge is 0.120 e. The average molecular weight is 181 g/mol. The van der Waals surface area contributed by atoms with Crippen molar-refractivity contribution in [1.82, 2.24) is 5.32 Å². The molecule has 0 saturated carbocycles. The molecule has 0 unspecified atom stereocenters. The normalized spacial score (nSPS) is 10.2. The summed E-state index contributed by atoms with van der Waals surface area (Å²) < 4.78 is 4.89. The summed E-state index contributed by atoms with van der Waals surface area (Å²) in [6, 6.07) is 7.31. The summed E-state index contributed by atoms with van der Waals surface area (Å²) in [5.41, 5.74) is 0.915. The standard InChI is InChI=1S/C10H15NO2/c1-13-7-6-11-8-9-4-2-3-5-10(9)12/h2-5,11-12H,6-8H2,1H3. The van der Waals surface area contributed by atoms with E-state index in [9.17, 15) is 5.11 Å². The second-order valence-corrected chi connectivity index (χ2v) is 2.80. The number of hydrogen-bond acceptors (Lipinski definition) is 3. The Morgan fingerprint density at radius 1 is 1.38 bits per heavy atom. The molecular formula is C10H15NO2. The van der Waals surface area contributed by atoms with Crippen LogP contribution >= 0.6 is 0 Å². The van der Waals surface area contributed by atoms with Gasteiger partial charge in [0.1, 0.15) is 5.75 Å². The molecule has 0 amide bonds. The predicted octanol–water partition coefficient (Wildman–Crippen LogP) is 1.13. The number of hydrogen-bond donors (Lipinski definition) is 2. The van der Waals surface area contributed by atoms with E-state index in [1.807, 2.05) is 18.2 Å². The van der Waals surface area contributed by atoms with Gasteiger partial charge in [0.05, 0.1) is 6.61 Å². The summed E-state index contributed by atoms with van der Waals surface area (Å²) in [5, 5.41) is 12.6. The number of ether oxygens (including phenoxy) is 1. The molecule has 1 aromatic rings. The minimum absolute atomic E-state index is 0.340. The number of rotatable bonds is 5. The quantitative estimate of drug-likeness (QED) is 0.669. The summed E-state index contributed by atoms with van der Waals surface area (Å²) in [6.45, 7) is 2.16. The van der Waals surface area contributed by atoms with Crippen LogP contribution in [-0.4, -0.2) is 25.4 Å². The number of methoxy groups -OCH3 is 1. The van der Waals surface area contributed by atoms with Crippen LogP contribution in [0.15, 0.2) is 24.3 Å². The maximum absolute atomic E-state index is 9.40. The van der Waals surface area contributed by atoms with Crippen LogP contribution in [0.25, 0.3) is 0 Å². The molecule has 0 heterocycles. The number of para-hydroxylation sites is 1. The fraction of sp³-hybridized carbons (Fsp3) is 0.400. The van der Waals surface area contributed by atoms with Crippen LogP contribution in [0.5, 0.6) is 5.75 Å². The topological polar surface area (TPSA) is 41.5 Å². The Balaban J connectivity index is 2.32. The molecule has 0 aliphatic heterocycles. The van der Waals surface area contributed by atoms with Gasteiger partial charge in [0, 0.05) is 25.8 Å². The molecule has 1 aromatic carbocycles. The molecule has 0 spiro atoms. The van der Waals surface area contributed by atoms with Crippen molar-refractivity contribution >= 4 is 0 Å². The molecule has 0 aliphatic carbocycles. The summed E-state index contributed by atoms with van der Waals surface area (Å²) in [6.07, 6.45) is 0. The zero-order valence-electron chi connectivity index (χ0n) is 7.79. The Labute approximate surface area is 78.3 Å². The second kappa shape index (κ2) is 5.56. The highest BCUT2D eigenvalue weighted by atomic mass is 16.5. The third-order valence-corrected chi connectivity index (χ3v) is 1.79. The molecule has 3 nitrogen and oxygen atoms in total. The molecule has 0 aliphatic rings. The number of aromatic hydroxyl groups is 1. The molecule has 0 radical (unpaired) electrons. The van der Waals surface area contributed by atoms with E-state index < -0.39 is 0 Å². The van der Waals surface area contributed by atoms with Crippen LogP contribution in [0.1, 0.15) is 5.56 Å². The van der Waals surface area contributed by atoms with Gasteiger partial charge in [-0.2, -0.15) is 0 Å². The van der Waals surface area contributed by atoms with E-state index in [-0.39, 0.29) is 0 Å². The van der Waals surface area contributed by atoms with E-state index in [4.69, 9.17) is 4.74 Å². The Morgan fingerprint density at radius 2 is 2.15 bits per heavy atom. The first-order valence-electron chi connectivity index (χ1n) is 4.31. The maximum atomic E-state index is 9.40. The minimum atomic E-state index is 0.340. The van der Waals surface area contributed by atoms with Gasteiger partial charge in [-0.1, -0.05) is 18.2 Å². The van der Waals surface area contributed by atoms with Gasteiger partial charge in [-0.15, -0.1) is 0 Å². The lowest BCUT2D eigenvalue weighted by molar-refractivity contribution is 0.199. The zero-order valence-corrected chi connectivity index (χ0v) is 7.79. The van der Waals surface area contributed by atoms with Gasteiger partial charge in [-0.25, -0.2) is 0 Å². The van der Waals surface area contributed by atoms with Crippen LogP contribution in [0.4, 0.5) is 0 Å². The molecule has 13 heavy (non-hydrogen) atoms. The average Bonchev–Trinajstić information content (AvgIpc) is 2.15. The fourth-order valence-corrected chi connectivity index (χ4v) is 1.06. The molecule has 1 rings (SSSR count). The van der Waals surface area contributed by atoms with Crippen LogP contribution in [-0.2, 0) is 11.3 Å². The third-order valence-electron chi connectivity index (χ3n) is 1.79. The van der Waals surface area contributed by atoms with Crippen molar-refractivity contribution in [2.75, 3.05) is 20.3 Å². The first kappa shape index (κ1) is 10.0. The predicted molar refractivity (Wildman–Crippen MR) is 51.7 cm³/mol. The van der Waals surface area contributed by atoms with Crippen molar-refractivity contribution < 1.29 is 9.84 Å². The minimum Gasteiger partial charge on any atom is -0.508 e. The monoisotopic (exact) mass is 181 g/mol. The van der Waals surface area contributed by atoms with Crippen molar-refractivity contribution in [2.24, 2.45) is 0 Å². The Kier molecular flexibility index (Phi) is 4.29. The largest absolute Gasteiger partial charge is 0.508 e. The SMILES string of the molecule is COCCNCc1ccccc1O. The number of benzene rings is 1.